The van der Waals surface area contributed by atoms with Crippen molar-refractivity contribution in [1.29, 1.82) is 5.26 Å². The van der Waals surface area contributed by atoms with Gasteiger partial charge in [0.05, 0.1) is 42.7 Å². The van der Waals surface area contributed by atoms with Crippen LogP contribution in [-0.2, 0) is 9.53 Å². The van der Waals surface area contributed by atoms with Crippen LogP contribution in [0, 0.1) is 29.1 Å². The SMILES string of the molecule is CC(=O)NC[C@H]1CN(c2ccc(C3=C[C@H]4[C@H](C#N)[C@H]4C3)nc2)C(=O)O1. The van der Waals surface area contributed by atoms with Crippen molar-refractivity contribution in [3.05, 3.63) is 30.1 Å². The number of ether oxygens (including phenoxy) is 1. The van der Waals surface area contributed by atoms with Crippen LogP contribution in [-0.4, -0.2) is 36.2 Å². The average molecular weight is 338 g/mol. The highest BCUT2D eigenvalue weighted by Crippen LogP contribution is 2.57. The van der Waals surface area contributed by atoms with Gasteiger partial charge in [0.15, 0.2) is 0 Å². The van der Waals surface area contributed by atoms with E-state index in [1.165, 1.54) is 17.4 Å². The van der Waals surface area contributed by atoms with Crippen LogP contribution >= 0.6 is 0 Å². The number of rotatable bonds is 4. The van der Waals surface area contributed by atoms with Gasteiger partial charge < -0.3 is 10.1 Å². The monoisotopic (exact) mass is 338 g/mol. The summed E-state index contributed by atoms with van der Waals surface area (Å²) in [6, 6.07) is 6.10. The van der Waals surface area contributed by atoms with Gasteiger partial charge in [0.25, 0.3) is 0 Å². The van der Waals surface area contributed by atoms with Crippen molar-refractivity contribution in [3.63, 3.8) is 0 Å². The first kappa shape index (κ1) is 15.6. The highest BCUT2D eigenvalue weighted by Gasteiger charge is 2.53. The predicted octanol–water partition coefficient (Wildman–Crippen LogP) is 1.72. The van der Waals surface area contributed by atoms with Gasteiger partial charge in [-0.25, -0.2) is 4.79 Å². The molecule has 1 aliphatic heterocycles. The molecule has 0 radical (unpaired) electrons. The van der Waals surface area contributed by atoms with Crippen molar-refractivity contribution in [2.24, 2.45) is 17.8 Å². The predicted molar refractivity (Wildman–Crippen MR) is 89.2 cm³/mol. The molecule has 7 nitrogen and oxygen atoms in total. The first-order chi connectivity index (χ1) is 12.1. The lowest BCUT2D eigenvalue weighted by Gasteiger charge is -2.13. The number of amides is 2. The van der Waals surface area contributed by atoms with Gasteiger partial charge in [0, 0.05) is 6.92 Å². The maximum Gasteiger partial charge on any atom is 0.414 e. The fraction of sp³-hybridized carbons (Fsp3) is 0.444. The van der Waals surface area contributed by atoms with Crippen LogP contribution in [0.25, 0.3) is 5.57 Å². The highest BCUT2D eigenvalue weighted by atomic mass is 16.6. The number of nitriles is 1. The van der Waals surface area contributed by atoms with E-state index in [9.17, 15) is 9.59 Å². The summed E-state index contributed by atoms with van der Waals surface area (Å²) in [5, 5.41) is 11.6. The molecule has 7 heteroatoms. The van der Waals surface area contributed by atoms with Crippen LogP contribution in [0.4, 0.5) is 10.5 Å². The third-order valence-electron chi connectivity index (χ3n) is 5.07. The van der Waals surface area contributed by atoms with Crippen molar-refractivity contribution < 1.29 is 14.3 Å². The normalized spacial score (nSPS) is 29.5. The van der Waals surface area contributed by atoms with E-state index in [1.54, 1.807) is 6.20 Å². The fourth-order valence-corrected chi connectivity index (χ4v) is 3.65. The van der Waals surface area contributed by atoms with Crippen LogP contribution in [0.15, 0.2) is 24.4 Å². The average Bonchev–Trinajstić information content (AvgIpc) is 2.94. The van der Waals surface area contributed by atoms with Crippen molar-refractivity contribution in [2.45, 2.75) is 19.4 Å². The quantitative estimate of drug-likeness (QED) is 0.902. The van der Waals surface area contributed by atoms with Gasteiger partial charge in [0.2, 0.25) is 5.91 Å². The number of anilines is 1. The summed E-state index contributed by atoms with van der Waals surface area (Å²) in [6.07, 6.45) is 3.95. The topological polar surface area (TPSA) is 95.3 Å². The zero-order valence-corrected chi connectivity index (χ0v) is 13.8. The molecule has 0 bridgehead atoms. The summed E-state index contributed by atoms with van der Waals surface area (Å²) < 4.78 is 5.26. The molecular formula is C18H18N4O3. The third-order valence-corrected chi connectivity index (χ3v) is 5.07. The Morgan fingerprint density at radius 3 is 2.96 bits per heavy atom. The van der Waals surface area contributed by atoms with Gasteiger partial charge in [-0.05, 0) is 36.0 Å². The van der Waals surface area contributed by atoms with Crippen molar-refractivity contribution >= 4 is 23.3 Å². The summed E-state index contributed by atoms with van der Waals surface area (Å²) in [5.41, 5.74) is 2.76. The number of nitrogens with one attached hydrogen (secondary N) is 1. The second kappa shape index (κ2) is 5.88. The Labute approximate surface area is 145 Å². The lowest BCUT2D eigenvalue weighted by Crippen LogP contribution is -2.33. The lowest BCUT2D eigenvalue weighted by atomic mass is 10.1. The second-order valence-electron chi connectivity index (χ2n) is 6.75. The maximum absolute atomic E-state index is 12.0. The molecule has 0 unspecified atom stereocenters. The number of allylic oxidation sites excluding steroid dienone is 2. The number of carbonyl (C=O) groups is 2. The number of nitrogens with zero attached hydrogens (tertiary/aromatic N) is 3. The zero-order chi connectivity index (χ0) is 17.6. The number of hydrogen-bond acceptors (Lipinski definition) is 5. The molecule has 1 N–H and O–H groups in total. The zero-order valence-electron chi connectivity index (χ0n) is 13.8. The summed E-state index contributed by atoms with van der Waals surface area (Å²) in [7, 11) is 0. The van der Waals surface area contributed by atoms with Gasteiger partial charge >= 0.3 is 6.09 Å². The van der Waals surface area contributed by atoms with E-state index in [0.29, 0.717) is 30.6 Å². The van der Waals surface area contributed by atoms with Gasteiger partial charge in [-0.15, -0.1) is 0 Å². The number of carbonyl (C=O) groups excluding carboxylic acids is 2. The van der Waals surface area contributed by atoms with Crippen molar-refractivity contribution in [1.82, 2.24) is 10.3 Å². The first-order valence-electron chi connectivity index (χ1n) is 8.36. The minimum Gasteiger partial charge on any atom is -0.442 e. The largest absolute Gasteiger partial charge is 0.442 e. The summed E-state index contributed by atoms with van der Waals surface area (Å²) in [5.74, 6) is 0.888. The second-order valence-corrected chi connectivity index (χ2v) is 6.75. The molecule has 2 heterocycles. The summed E-state index contributed by atoms with van der Waals surface area (Å²) in [6.45, 7) is 2.12. The fourth-order valence-electron chi connectivity index (χ4n) is 3.65. The van der Waals surface area contributed by atoms with Gasteiger partial charge in [-0.2, -0.15) is 5.26 Å². The lowest BCUT2D eigenvalue weighted by molar-refractivity contribution is -0.119. The van der Waals surface area contributed by atoms with E-state index >= 15 is 0 Å². The van der Waals surface area contributed by atoms with E-state index in [0.717, 1.165) is 12.1 Å². The van der Waals surface area contributed by atoms with E-state index in [2.05, 4.69) is 22.4 Å². The van der Waals surface area contributed by atoms with Crippen LogP contribution in [0.2, 0.25) is 0 Å². The summed E-state index contributed by atoms with van der Waals surface area (Å²) in [4.78, 5) is 29.0. The maximum atomic E-state index is 12.0. The number of hydrogen-bond donors (Lipinski definition) is 1. The molecule has 1 aromatic rings. The Balaban J connectivity index is 1.41. The van der Waals surface area contributed by atoms with Gasteiger partial charge in [0.1, 0.15) is 6.10 Å². The van der Waals surface area contributed by atoms with E-state index < -0.39 is 6.09 Å². The molecule has 4 rings (SSSR count). The van der Waals surface area contributed by atoms with Crippen molar-refractivity contribution in [3.8, 4) is 6.07 Å². The number of pyridine rings is 1. The van der Waals surface area contributed by atoms with Crippen LogP contribution in [0.5, 0.6) is 0 Å². The summed E-state index contributed by atoms with van der Waals surface area (Å²) >= 11 is 0. The molecule has 2 amide bonds. The molecule has 0 aromatic carbocycles. The van der Waals surface area contributed by atoms with Crippen LogP contribution < -0.4 is 10.2 Å². The Kier molecular flexibility index (Phi) is 3.68. The molecule has 1 saturated carbocycles. The Morgan fingerprint density at radius 2 is 2.36 bits per heavy atom. The molecule has 25 heavy (non-hydrogen) atoms. The van der Waals surface area contributed by atoms with Crippen LogP contribution in [0.1, 0.15) is 19.0 Å². The Morgan fingerprint density at radius 1 is 1.52 bits per heavy atom. The minimum atomic E-state index is -0.428. The Bertz CT molecular complexity index is 796. The highest BCUT2D eigenvalue weighted by molar-refractivity contribution is 5.89. The van der Waals surface area contributed by atoms with E-state index in [-0.39, 0.29) is 17.9 Å². The van der Waals surface area contributed by atoms with E-state index in [1.807, 2.05) is 12.1 Å². The molecule has 128 valence electrons. The van der Waals surface area contributed by atoms with Gasteiger partial charge in [-0.3, -0.25) is 14.7 Å². The third kappa shape index (κ3) is 2.84. The molecule has 3 aliphatic rings. The molecule has 1 saturated heterocycles. The first-order valence-corrected chi connectivity index (χ1v) is 8.36. The molecule has 1 aromatic heterocycles. The number of cyclic esters (lactones) is 1. The standard InChI is InChI=1S/C18H18N4O3/c1-10(23)20-8-13-9-22(18(24)25-13)12-2-3-17(21-7-12)11-4-14-15(5-11)16(14)6-19/h2-4,7,13-16H,5,8-9H2,1H3,(H,20,23)/t13-,14+,15-,16-/m0/s1. The molecule has 2 aliphatic carbocycles. The number of fused-ring (bicyclic) bond motifs is 1. The van der Waals surface area contributed by atoms with Crippen molar-refractivity contribution in [2.75, 3.05) is 18.0 Å². The van der Waals surface area contributed by atoms with E-state index in [4.69, 9.17) is 10.00 Å². The van der Waals surface area contributed by atoms with Crippen LogP contribution in [0.3, 0.4) is 0 Å². The molecule has 0 spiro atoms. The molecule has 2 fully saturated rings. The van der Waals surface area contributed by atoms with Gasteiger partial charge in [-0.1, -0.05) is 6.08 Å². The number of aromatic nitrogens is 1. The minimum absolute atomic E-state index is 0.151. The molecule has 4 atom stereocenters. The smallest absolute Gasteiger partial charge is 0.414 e. The molecular weight excluding hydrogens is 320 g/mol. The Hall–Kier alpha value is -2.88.